The standard InChI is InChI=1S/C16H13F3N2O4/c17-16(18,19)11-7-5-10(6-8-11)14(22)9-20-15(23)12-3-1-2-4-13(12)21(24)25/h1-8,14,22H,9H2,(H,20,23). The second-order valence-electron chi connectivity index (χ2n) is 5.12. The molecule has 1 atom stereocenters. The summed E-state index contributed by atoms with van der Waals surface area (Å²) >= 11 is 0. The van der Waals surface area contributed by atoms with Crippen molar-refractivity contribution in [1.29, 1.82) is 0 Å². The van der Waals surface area contributed by atoms with E-state index in [0.29, 0.717) is 0 Å². The van der Waals surface area contributed by atoms with Gasteiger partial charge < -0.3 is 10.4 Å². The summed E-state index contributed by atoms with van der Waals surface area (Å²) in [6.45, 7) is -0.309. The maximum Gasteiger partial charge on any atom is 0.416 e. The van der Waals surface area contributed by atoms with E-state index in [1.807, 2.05) is 0 Å². The van der Waals surface area contributed by atoms with E-state index in [1.54, 1.807) is 0 Å². The molecule has 0 aliphatic heterocycles. The Morgan fingerprint density at radius 2 is 1.76 bits per heavy atom. The molecule has 2 N–H and O–H groups in total. The summed E-state index contributed by atoms with van der Waals surface area (Å²) in [7, 11) is 0. The van der Waals surface area contributed by atoms with Crippen LogP contribution in [0.25, 0.3) is 0 Å². The van der Waals surface area contributed by atoms with Gasteiger partial charge in [0, 0.05) is 12.6 Å². The van der Waals surface area contributed by atoms with Gasteiger partial charge in [-0.3, -0.25) is 14.9 Å². The molecule has 132 valence electrons. The smallest absolute Gasteiger partial charge is 0.387 e. The number of benzene rings is 2. The first-order valence-corrected chi connectivity index (χ1v) is 7.07. The highest BCUT2D eigenvalue weighted by Crippen LogP contribution is 2.29. The van der Waals surface area contributed by atoms with E-state index in [4.69, 9.17) is 0 Å². The Bertz CT molecular complexity index is 776. The molecule has 0 saturated carbocycles. The third-order valence-corrected chi connectivity index (χ3v) is 3.42. The number of para-hydroxylation sites is 1. The molecule has 2 aromatic carbocycles. The van der Waals surface area contributed by atoms with Crippen LogP contribution in [-0.4, -0.2) is 22.5 Å². The number of nitro benzene ring substituents is 1. The number of hydrogen-bond donors (Lipinski definition) is 2. The largest absolute Gasteiger partial charge is 0.416 e. The first kappa shape index (κ1) is 18.4. The summed E-state index contributed by atoms with van der Waals surface area (Å²) in [5.41, 5.74) is -1.24. The van der Waals surface area contributed by atoms with Crippen LogP contribution in [0.2, 0.25) is 0 Å². The molecule has 0 aromatic heterocycles. The van der Waals surface area contributed by atoms with Gasteiger partial charge in [0.25, 0.3) is 11.6 Å². The lowest BCUT2D eigenvalue weighted by Crippen LogP contribution is -2.28. The maximum atomic E-state index is 12.5. The number of aliphatic hydroxyl groups excluding tert-OH is 1. The number of carbonyl (C=O) groups is 1. The fourth-order valence-electron chi connectivity index (χ4n) is 2.12. The number of aliphatic hydroxyl groups is 1. The number of carbonyl (C=O) groups excluding carboxylic acids is 1. The van der Waals surface area contributed by atoms with E-state index in [0.717, 1.165) is 24.3 Å². The van der Waals surface area contributed by atoms with Crippen molar-refractivity contribution < 1.29 is 28.0 Å². The SMILES string of the molecule is O=C(NCC(O)c1ccc(C(F)(F)F)cc1)c1ccccc1[N+](=O)[O-]. The Hall–Kier alpha value is -2.94. The molecular formula is C16H13F3N2O4. The van der Waals surface area contributed by atoms with Crippen molar-refractivity contribution in [3.63, 3.8) is 0 Å². The van der Waals surface area contributed by atoms with Crippen molar-refractivity contribution in [2.75, 3.05) is 6.54 Å². The second kappa shape index (κ2) is 7.31. The van der Waals surface area contributed by atoms with Crippen LogP contribution in [0.4, 0.5) is 18.9 Å². The van der Waals surface area contributed by atoms with Crippen LogP contribution in [0.1, 0.15) is 27.6 Å². The summed E-state index contributed by atoms with van der Waals surface area (Å²) < 4.78 is 37.5. The molecule has 9 heteroatoms. The number of hydrogen-bond acceptors (Lipinski definition) is 4. The van der Waals surface area contributed by atoms with Gasteiger partial charge in [-0.15, -0.1) is 0 Å². The van der Waals surface area contributed by atoms with Gasteiger partial charge in [-0.2, -0.15) is 13.2 Å². The summed E-state index contributed by atoms with van der Waals surface area (Å²) in [4.78, 5) is 22.2. The molecular weight excluding hydrogens is 341 g/mol. The van der Waals surface area contributed by atoms with Gasteiger partial charge in [0.15, 0.2) is 0 Å². The summed E-state index contributed by atoms with van der Waals surface area (Å²) in [5, 5.41) is 23.2. The topological polar surface area (TPSA) is 92.5 Å². The lowest BCUT2D eigenvalue weighted by molar-refractivity contribution is -0.385. The van der Waals surface area contributed by atoms with Gasteiger partial charge >= 0.3 is 6.18 Å². The quantitative estimate of drug-likeness (QED) is 0.637. The van der Waals surface area contributed by atoms with Crippen molar-refractivity contribution in [2.24, 2.45) is 0 Å². The Kier molecular flexibility index (Phi) is 5.38. The molecule has 0 saturated heterocycles. The van der Waals surface area contributed by atoms with Gasteiger partial charge in [0.05, 0.1) is 16.6 Å². The van der Waals surface area contributed by atoms with Crippen LogP contribution in [0, 0.1) is 10.1 Å². The number of amides is 1. The number of rotatable bonds is 5. The first-order chi connectivity index (χ1) is 11.7. The Morgan fingerprint density at radius 3 is 2.32 bits per heavy atom. The van der Waals surface area contributed by atoms with Gasteiger partial charge in [-0.25, -0.2) is 0 Å². The molecule has 2 aromatic rings. The monoisotopic (exact) mass is 354 g/mol. The van der Waals surface area contributed by atoms with Crippen molar-refractivity contribution >= 4 is 11.6 Å². The van der Waals surface area contributed by atoms with Gasteiger partial charge in [0.2, 0.25) is 0 Å². The predicted octanol–water partition coefficient (Wildman–Crippen LogP) is 3.08. The van der Waals surface area contributed by atoms with Crippen LogP contribution in [0.5, 0.6) is 0 Å². The van der Waals surface area contributed by atoms with Gasteiger partial charge in [-0.05, 0) is 23.8 Å². The highest BCUT2D eigenvalue weighted by Gasteiger charge is 2.30. The molecule has 0 aliphatic carbocycles. The number of alkyl halides is 3. The Labute approximate surface area is 140 Å². The molecule has 0 heterocycles. The minimum atomic E-state index is -4.48. The average molecular weight is 354 g/mol. The van der Waals surface area contributed by atoms with E-state index >= 15 is 0 Å². The number of halogens is 3. The number of nitro groups is 1. The van der Waals surface area contributed by atoms with E-state index in [1.165, 1.54) is 24.3 Å². The molecule has 0 radical (unpaired) electrons. The predicted molar refractivity (Wildman–Crippen MR) is 81.8 cm³/mol. The Morgan fingerprint density at radius 1 is 1.16 bits per heavy atom. The van der Waals surface area contributed by atoms with E-state index in [-0.39, 0.29) is 23.4 Å². The fraction of sp³-hybridized carbons (Fsp3) is 0.188. The van der Waals surface area contributed by atoms with Crippen molar-refractivity contribution in [1.82, 2.24) is 5.32 Å². The lowest BCUT2D eigenvalue weighted by atomic mass is 10.1. The zero-order chi connectivity index (χ0) is 18.6. The third-order valence-electron chi connectivity index (χ3n) is 3.42. The second-order valence-corrected chi connectivity index (χ2v) is 5.12. The summed E-state index contributed by atoms with van der Waals surface area (Å²) in [6, 6.07) is 9.14. The molecule has 0 bridgehead atoms. The normalized spacial score (nSPS) is 12.5. The van der Waals surface area contributed by atoms with Crippen LogP contribution in [0.3, 0.4) is 0 Å². The zero-order valence-corrected chi connectivity index (χ0v) is 12.7. The van der Waals surface area contributed by atoms with Gasteiger partial charge in [-0.1, -0.05) is 24.3 Å². The lowest BCUT2D eigenvalue weighted by Gasteiger charge is -2.13. The molecule has 1 unspecified atom stereocenters. The van der Waals surface area contributed by atoms with E-state index < -0.39 is 28.7 Å². The Balaban J connectivity index is 2.04. The number of nitrogens with one attached hydrogen (secondary N) is 1. The summed E-state index contributed by atoms with van der Waals surface area (Å²) in [6.07, 6.45) is -5.74. The maximum absolute atomic E-state index is 12.5. The molecule has 0 fully saturated rings. The molecule has 0 aliphatic rings. The molecule has 0 spiro atoms. The van der Waals surface area contributed by atoms with Crippen LogP contribution in [-0.2, 0) is 6.18 Å². The minimum absolute atomic E-state index is 0.174. The van der Waals surface area contributed by atoms with Crippen molar-refractivity contribution in [2.45, 2.75) is 12.3 Å². The number of nitrogens with zero attached hydrogens (tertiary/aromatic N) is 1. The highest BCUT2D eigenvalue weighted by atomic mass is 19.4. The van der Waals surface area contributed by atoms with Crippen LogP contribution < -0.4 is 5.32 Å². The van der Waals surface area contributed by atoms with E-state index in [2.05, 4.69) is 5.32 Å². The molecule has 6 nitrogen and oxygen atoms in total. The van der Waals surface area contributed by atoms with E-state index in [9.17, 15) is 33.2 Å². The average Bonchev–Trinajstić information content (AvgIpc) is 2.58. The van der Waals surface area contributed by atoms with Crippen LogP contribution in [0.15, 0.2) is 48.5 Å². The molecule has 1 amide bonds. The highest BCUT2D eigenvalue weighted by molar-refractivity contribution is 5.98. The summed E-state index contributed by atoms with van der Waals surface area (Å²) in [5.74, 6) is -0.765. The fourth-order valence-corrected chi connectivity index (χ4v) is 2.12. The first-order valence-electron chi connectivity index (χ1n) is 7.07. The minimum Gasteiger partial charge on any atom is -0.387 e. The van der Waals surface area contributed by atoms with Crippen LogP contribution >= 0.6 is 0 Å². The molecule has 2 rings (SSSR count). The van der Waals surface area contributed by atoms with Crippen molar-refractivity contribution in [3.8, 4) is 0 Å². The van der Waals surface area contributed by atoms with Gasteiger partial charge in [0.1, 0.15) is 5.56 Å². The zero-order valence-electron chi connectivity index (χ0n) is 12.7. The third kappa shape index (κ3) is 4.54. The van der Waals surface area contributed by atoms with Crippen molar-refractivity contribution in [3.05, 3.63) is 75.3 Å². The molecule has 25 heavy (non-hydrogen) atoms.